The summed E-state index contributed by atoms with van der Waals surface area (Å²) < 4.78 is 1.64. The van der Waals surface area contributed by atoms with Gasteiger partial charge in [0.2, 0.25) is 0 Å². The summed E-state index contributed by atoms with van der Waals surface area (Å²) in [5.41, 5.74) is 3.14. The maximum atomic E-state index is 2.36. The van der Waals surface area contributed by atoms with Crippen molar-refractivity contribution in [2.75, 3.05) is 0 Å². The second-order valence-corrected chi connectivity index (χ2v) is 3.87. The summed E-state index contributed by atoms with van der Waals surface area (Å²) in [4.78, 5) is 0. The van der Waals surface area contributed by atoms with Crippen LogP contribution in [0, 0.1) is 0 Å². The van der Waals surface area contributed by atoms with Crippen molar-refractivity contribution < 1.29 is 24.7 Å². The van der Waals surface area contributed by atoms with Gasteiger partial charge in [-0.15, -0.1) is 0 Å². The van der Waals surface area contributed by atoms with Gasteiger partial charge in [0.05, 0.1) is 0 Å². The van der Waals surface area contributed by atoms with Crippen LogP contribution in [-0.2, 0) is 24.7 Å². The van der Waals surface area contributed by atoms with Crippen LogP contribution in [0.1, 0.15) is 26.7 Å². The van der Waals surface area contributed by atoms with Crippen LogP contribution in [0.5, 0.6) is 0 Å². The Kier molecular flexibility index (Phi) is 2.46. The minimum absolute atomic E-state index is 1.21. The van der Waals surface area contributed by atoms with E-state index in [0.29, 0.717) is 0 Å². The van der Waals surface area contributed by atoms with E-state index in [0.717, 1.165) is 0 Å². The fraction of sp³-hybridized carbons (Fsp3) is 0.500. The first-order chi connectivity index (χ1) is 4.25. The SMILES string of the molecule is CCC1=CC[C]([Zr])=C1C. The van der Waals surface area contributed by atoms with Crippen LogP contribution in [-0.4, -0.2) is 0 Å². The summed E-state index contributed by atoms with van der Waals surface area (Å²) in [6.45, 7) is 4.47. The summed E-state index contributed by atoms with van der Waals surface area (Å²) in [5.74, 6) is 0. The van der Waals surface area contributed by atoms with Crippen LogP contribution >= 0.6 is 0 Å². The summed E-state index contributed by atoms with van der Waals surface area (Å²) in [7, 11) is 0. The average Bonchev–Trinajstić information content (AvgIpc) is 2.15. The van der Waals surface area contributed by atoms with E-state index in [1.54, 1.807) is 39.1 Å². The zero-order chi connectivity index (χ0) is 6.85. The third kappa shape index (κ3) is 1.43. The number of hydrogen-bond acceptors (Lipinski definition) is 0. The molecule has 9 heavy (non-hydrogen) atoms. The Morgan fingerprint density at radius 3 is 2.56 bits per heavy atom. The predicted molar refractivity (Wildman–Crippen MR) is 35.7 cm³/mol. The van der Waals surface area contributed by atoms with E-state index in [1.165, 1.54) is 12.8 Å². The first-order valence-electron chi connectivity index (χ1n) is 3.36. The molecule has 1 aliphatic rings. The van der Waals surface area contributed by atoms with Crippen molar-refractivity contribution in [1.29, 1.82) is 0 Å². The third-order valence-corrected chi connectivity index (χ3v) is 3.29. The van der Waals surface area contributed by atoms with E-state index in [-0.39, 0.29) is 0 Å². The Bertz CT molecular complexity index is 175. The van der Waals surface area contributed by atoms with Gasteiger partial charge in [-0.3, -0.25) is 0 Å². The molecule has 0 saturated carbocycles. The normalized spacial score (nSPS) is 18.6. The standard InChI is InChI=1S/C8H11.Zr/c1-3-8-6-4-5-7(8)2;/h6H,3-4H2,1-2H3;. The number of hydrogen-bond donors (Lipinski definition) is 0. The van der Waals surface area contributed by atoms with Gasteiger partial charge in [0, 0.05) is 0 Å². The zero-order valence-electron chi connectivity index (χ0n) is 5.99. The van der Waals surface area contributed by atoms with E-state index in [1.807, 2.05) is 0 Å². The molecule has 1 rings (SSSR count). The van der Waals surface area contributed by atoms with Crippen LogP contribution in [0.3, 0.4) is 0 Å². The van der Waals surface area contributed by atoms with Crippen LogP contribution in [0.15, 0.2) is 20.5 Å². The van der Waals surface area contributed by atoms with Gasteiger partial charge in [0.25, 0.3) is 0 Å². The molecule has 47 valence electrons. The number of rotatable bonds is 1. The van der Waals surface area contributed by atoms with E-state index >= 15 is 0 Å². The van der Waals surface area contributed by atoms with Gasteiger partial charge >= 0.3 is 71.9 Å². The third-order valence-electron chi connectivity index (χ3n) is 1.87. The monoisotopic (exact) mass is 197 g/mol. The molecular formula is C8H11Zr. The molecule has 0 aromatic carbocycles. The van der Waals surface area contributed by atoms with Crippen molar-refractivity contribution in [3.8, 4) is 0 Å². The Hall–Kier alpha value is 0.363. The topological polar surface area (TPSA) is 0 Å². The molecule has 0 spiro atoms. The molecule has 0 aromatic rings. The fourth-order valence-electron chi connectivity index (χ4n) is 1.13. The van der Waals surface area contributed by atoms with Gasteiger partial charge in [0.15, 0.2) is 0 Å². The molecule has 0 unspecified atom stereocenters. The molecule has 0 aromatic heterocycles. The van der Waals surface area contributed by atoms with Gasteiger partial charge in [-0.2, -0.15) is 0 Å². The first kappa shape index (κ1) is 7.47. The molecular weight excluding hydrogens is 187 g/mol. The summed E-state index contributed by atoms with van der Waals surface area (Å²) in [5, 5.41) is 0. The molecule has 0 radical (unpaired) electrons. The van der Waals surface area contributed by atoms with E-state index in [2.05, 4.69) is 19.9 Å². The van der Waals surface area contributed by atoms with E-state index in [9.17, 15) is 0 Å². The van der Waals surface area contributed by atoms with Gasteiger partial charge in [-0.25, -0.2) is 0 Å². The van der Waals surface area contributed by atoms with Crippen molar-refractivity contribution in [3.05, 3.63) is 20.5 Å². The van der Waals surface area contributed by atoms with Crippen molar-refractivity contribution in [2.24, 2.45) is 0 Å². The van der Waals surface area contributed by atoms with Crippen LogP contribution < -0.4 is 0 Å². The van der Waals surface area contributed by atoms with Gasteiger partial charge < -0.3 is 0 Å². The molecule has 1 heteroatoms. The molecule has 0 fully saturated rings. The Labute approximate surface area is 71.9 Å². The van der Waals surface area contributed by atoms with Crippen molar-refractivity contribution in [1.82, 2.24) is 0 Å². The minimum atomic E-state index is 1.21. The van der Waals surface area contributed by atoms with Gasteiger partial charge in [-0.1, -0.05) is 0 Å². The zero-order valence-corrected chi connectivity index (χ0v) is 8.45. The molecule has 0 aliphatic heterocycles. The van der Waals surface area contributed by atoms with E-state index < -0.39 is 0 Å². The molecule has 0 N–H and O–H groups in total. The maximum absolute atomic E-state index is 2.36. The molecule has 0 saturated heterocycles. The van der Waals surface area contributed by atoms with Crippen molar-refractivity contribution >= 4 is 0 Å². The molecule has 0 atom stereocenters. The Balaban J connectivity index is 2.79. The summed E-state index contributed by atoms with van der Waals surface area (Å²) in [6, 6.07) is 0. The first-order valence-corrected chi connectivity index (χ1v) is 4.59. The molecule has 0 amide bonds. The predicted octanol–water partition coefficient (Wildman–Crippen LogP) is 2.55. The van der Waals surface area contributed by atoms with Crippen molar-refractivity contribution in [2.45, 2.75) is 26.7 Å². The Morgan fingerprint density at radius 2 is 2.33 bits per heavy atom. The quantitative estimate of drug-likeness (QED) is 0.607. The number of allylic oxidation sites excluding steroid dienone is 4. The van der Waals surface area contributed by atoms with Crippen LogP contribution in [0.25, 0.3) is 0 Å². The average molecular weight is 198 g/mol. The fourth-order valence-corrected chi connectivity index (χ4v) is 1.78. The molecule has 0 bridgehead atoms. The Morgan fingerprint density at radius 1 is 1.67 bits per heavy atom. The molecule has 1 aliphatic carbocycles. The van der Waals surface area contributed by atoms with Crippen LogP contribution in [0.4, 0.5) is 0 Å². The molecule has 0 nitrogen and oxygen atoms in total. The van der Waals surface area contributed by atoms with Crippen molar-refractivity contribution in [3.63, 3.8) is 0 Å². The second kappa shape index (κ2) is 2.97. The van der Waals surface area contributed by atoms with Crippen LogP contribution in [0.2, 0.25) is 0 Å². The van der Waals surface area contributed by atoms with Gasteiger partial charge in [-0.05, 0) is 0 Å². The summed E-state index contributed by atoms with van der Waals surface area (Å²) >= 11 is 1.59. The molecule has 0 heterocycles. The van der Waals surface area contributed by atoms with Gasteiger partial charge in [0.1, 0.15) is 0 Å². The van der Waals surface area contributed by atoms with E-state index in [4.69, 9.17) is 0 Å². The second-order valence-electron chi connectivity index (χ2n) is 2.39. The summed E-state index contributed by atoms with van der Waals surface area (Å²) in [6.07, 6.45) is 4.80.